The Morgan fingerprint density at radius 2 is 1.97 bits per heavy atom. The van der Waals surface area contributed by atoms with Gasteiger partial charge in [-0.2, -0.15) is 0 Å². The fraction of sp³-hybridized carbons (Fsp3) is 0.0909. The largest absolute Gasteiger partial charge is 0.382 e. The highest BCUT2D eigenvalue weighted by atomic mass is 16.1. The Labute approximate surface area is 176 Å². The molecule has 5 aromatic rings. The number of H-pyrrole nitrogens is 1. The van der Waals surface area contributed by atoms with E-state index in [1.54, 1.807) is 18.5 Å². The van der Waals surface area contributed by atoms with Gasteiger partial charge in [0.15, 0.2) is 11.5 Å². The van der Waals surface area contributed by atoms with Crippen molar-refractivity contribution >= 4 is 33.8 Å². The van der Waals surface area contributed by atoms with Crippen LogP contribution in [0.3, 0.4) is 0 Å². The lowest BCUT2D eigenvalue weighted by atomic mass is 9.97. The highest BCUT2D eigenvalue weighted by Crippen LogP contribution is 2.32. The lowest BCUT2D eigenvalue weighted by Gasteiger charge is -2.10. The number of benzene rings is 2. The van der Waals surface area contributed by atoms with E-state index in [0.29, 0.717) is 35.6 Å². The van der Waals surface area contributed by atoms with E-state index in [-0.39, 0.29) is 0 Å². The predicted molar refractivity (Wildman–Crippen MR) is 119 cm³/mol. The molecule has 9 heteroatoms. The quantitative estimate of drug-likeness (QED) is 0.347. The second-order valence-electron chi connectivity index (χ2n) is 7.31. The molecule has 7 N–H and O–H groups in total. The Balaban J connectivity index is 1.65. The average Bonchev–Trinajstić information content (AvgIpc) is 3.39. The second-order valence-corrected chi connectivity index (χ2v) is 7.31. The van der Waals surface area contributed by atoms with Crippen molar-refractivity contribution in [3.63, 3.8) is 0 Å². The molecule has 3 heterocycles. The zero-order chi connectivity index (χ0) is 21.5. The van der Waals surface area contributed by atoms with Crippen molar-refractivity contribution in [2.45, 2.75) is 13.1 Å². The smallest absolute Gasteiger partial charge is 0.248 e. The maximum Gasteiger partial charge on any atom is 0.248 e. The van der Waals surface area contributed by atoms with Crippen LogP contribution in [0.15, 0.2) is 55.1 Å². The highest BCUT2D eigenvalue weighted by molar-refractivity contribution is 6.00. The summed E-state index contributed by atoms with van der Waals surface area (Å²) in [4.78, 5) is 27.7. The van der Waals surface area contributed by atoms with Gasteiger partial charge in [0.2, 0.25) is 5.91 Å². The number of carbonyl (C=O) groups excluding carboxylic acids is 1. The first-order valence-corrected chi connectivity index (χ1v) is 9.70. The fourth-order valence-corrected chi connectivity index (χ4v) is 3.86. The van der Waals surface area contributed by atoms with Crippen LogP contribution in [0.1, 0.15) is 21.6 Å². The van der Waals surface area contributed by atoms with E-state index >= 15 is 0 Å². The number of hydrogen-bond donors (Lipinski definition) is 4. The van der Waals surface area contributed by atoms with E-state index in [1.165, 1.54) is 6.33 Å². The molecule has 5 rings (SSSR count). The fourth-order valence-electron chi connectivity index (χ4n) is 3.86. The number of imidazole rings is 1. The van der Waals surface area contributed by atoms with Gasteiger partial charge >= 0.3 is 0 Å². The number of primary amides is 1. The number of amides is 1. The number of nitrogens with one attached hydrogen (secondary N) is 1. The van der Waals surface area contributed by atoms with Crippen LogP contribution in [0, 0.1) is 0 Å². The van der Waals surface area contributed by atoms with Crippen LogP contribution in [0.2, 0.25) is 0 Å². The van der Waals surface area contributed by atoms with Gasteiger partial charge in [0.1, 0.15) is 11.8 Å². The topological polar surface area (TPSA) is 155 Å². The van der Waals surface area contributed by atoms with Gasteiger partial charge in [0.05, 0.1) is 18.4 Å². The Bertz CT molecular complexity index is 1450. The van der Waals surface area contributed by atoms with Crippen LogP contribution < -0.4 is 17.2 Å². The summed E-state index contributed by atoms with van der Waals surface area (Å²) in [7, 11) is 0. The molecule has 31 heavy (non-hydrogen) atoms. The van der Waals surface area contributed by atoms with E-state index in [4.69, 9.17) is 17.2 Å². The number of nitrogen functional groups attached to an aromatic ring is 1. The Morgan fingerprint density at radius 1 is 1.10 bits per heavy atom. The van der Waals surface area contributed by atoms with Crippen molar-refractivity contribution < 1.29 is 4.79 Å². The van der Waals surface area contributed by atoms with Gasteiger partial charge in [-0.1, -0.05) is 24.3 Å². The first kappa shape index (κ1) is 18.8. The summed E-state index contributed by atoms with van der Waals surface area (Å²) in [5.74, 6) is -0.108. The molecule has 0 aliphatic heterocycles. The van der Waals surface area contributed by atoms with Gasteiger partial charge in [-0.25, -0.2) is 15.0 Å². The molecule has 0 atom stereocenters. The molecule has 0 bridgehead atoms. The Morgan fingerprint density at radius 3 is 2.77 bits per heavy atom. The van der Waals surface area contributed by atoms with Crippen molar-refractivity contribution in [1.29, 1.82) is 0 Å². The van der Waals surface area contributed by atoms with Gasteiger partial charge in [0, 0.05) is 23.2 Å². The van der Waals surface area contributed by atoms with Gasteiger partial charge < -0.3 is 26.8 Å². The highest BCUT2D eigenvalue weighted by Gasteiger charge is 2.15. The van der Waals surface area contributed by atoms with E-state index in [0.717, 1.165) is 33.3 Å². The first-order valence-electron chi connectivity index (χ1n) is 9.70. The molecule has 0 radical (unpaired) electrons. The monoisotopic (exact) mass is 412 g/mol. The number of rotatable bonds is 5. The van der Waals surface area contributed by atoms with Gasteiger partial charge in [-0.05, 0) is 34.9 Å². The molecule has 9 nitrogen and oxygen atoms in total. The molecule has 154 valence electrons. The molecule has 0 unspecified atom stereocenters. The summed E-state index contributed by atoms with van der Waals surface area (Å²) in [6.07, 6.45) is 3.14. The SMILES string of the molecule is NCc1cc2c(-c3cccc(C(N)=O)c3)ccc(Cn3cnc4c(N)ncnc43)c2[nH]1. The molecule has 0 fully saturated rings. The van der Waals surface area contributed by atoms with Crippen LogP contribution in [-0.4, -0.2) is 30.4 Å². The number of aromatic amines is 1. The van der Waals surface area contributed by atoms with Gasteiger partial charge in [0.25, 0.3) is 0 Å². The summed E-state index contributed by atoms with van der Waals surface area (Å²) in [6, 6.07) is 13.4. The van der Waals surface area contributed by atoms with Crippen molar-refractivity contribution in [3.05, 3.63) is 71.9 Å². The molecular formula is C22H20N8O. The lowest BCUT2D eigenvalue weighted by molar-refractivity contribution is 0.100. The standard InChI is InChI=1S/C22H20N8O/c23-8-15-7-17-16(12-2-1-3-13(6-12)21(25)31)5-4-14(18(17)29-15)9-30-11-28-19-20(24)26-10-27-22(19)30/h1-7,10-11,29H,8-9,23H2,(H2,25,31)(H2,24,26,27). The average molecular weight is 412 g/mol. The minimum absolute atomic E-state index is 0.351. The number of aromatic nitrogens is 5. The molecule has 2 aromatic carbocycles. The second kappa shape index (κ2) is 7.22. The number of anilines is 1. The lowest BCUT2D eigenvalue weighted by Crippen LogP contribution is -2.10. The maximum atomic E-state index is 11.6. The van der Waals surface area contributed by atoms with E-state index in [2.05, 4.69) is 19.9 Å². The number of fused-ring (bicyclic) bond motifs is 2. The van der Waals surface area contributed by atoms with Crippen LogP contribution in [0.5, 0.6) is 0 Å². The first-order chi connectivity index (χ1) is 15.0. The number of hydrogen-bond acceptors (Lipinski definition) is 6. The van der Waals surface area contributed by atoms with Crippen LogP contribution in [0.4, 0.5) is 5.82 Å². The zero-order valence-corrected chi connectivity index (χ0v) is 16.5. The molecule has 0 spiro atoms. The Hall–Kier alpha value is -4.24. The molecule has 3 aromatic heterocycles. The molecule has 0 saturated carbocycles. The normalized spacial score (nSPS) is 11.4. The molecule has 1 amide bonds. The maximum absolute atomic E-state index is 11.6. The summed E-state index contributed by atoms with van der Waals surface area (Å²) in [5, 5.41) is 1.01. The molecule has 0 aliphatic rings. The Kier molecular flexibility index (Phi) is 4.37. The molecular weight excluding hydrogens is 392 g/mol. The van der Waals surface area contributed by atoms with E-state index in [1.807, 2.05) is 34.9 Å². The minimum Gasteiger partial charge on any atom is -0.382 e. The number of carbonyl (C=O) groups is 1. The van der Waals surface area contributed by atoms with Crippen molar-refractivity contribution in [2.24, 2.45) is 11.5 Å². The van der Waals surface area contributed by atoms with Crippen LogP contribution >= 0.6 is 0 Å². The van der Waals surface area contributed by atoms with E-state index in [9.17, 15) is 4.79 Å². The third-order valence-electron chi connectivity index (χ3n) is 5.38. The molecule has 0 saturated heterocycles. The summed E-state index contributed by atoms with van der Waals surface area (Å²) >= 11 is 0. The third-order valence-corrected chi connectivity index (χ3v) is 5.38. The van der Waals surface area contributed by atoms with Crippen LogP contribution in [0.25, 0.3) is 33.2 Å². The van der Waals surface area contributed by atoms with Crippen molar-refractivity contribution in [2.75, 3.05) is 5.73 Å². The number of nitrogens with zero attached hydrogens (tertiary/aromatic N) is 4. The van der Waals surface area contributed by atoms with E-state index < -0.39 is 5.91 Å². The van der Waals surface area contributed by atoms with Crippen LogP contribution in [-0.2, 0) is 13.1 Å². The van der Waals surface area contributed by atoms with Crippen molar-refractivity contribution in [3.8, 4) is 11.1 Å². The number of nitrogens with two attached hydrogens (primary N) is 3. The van der Waals surface area contributed by atoms with Gasteiger partial charge in [-0.15, -0.1) is 0 Å². The zero-order valence-electron chi connectivity index (χ0n) is 16.5. The molecule has 0 aliphatic carbocycles. The minimum atomic E-state index is -0.459. The summed E-state index contributed by atoms with van der Waals surface area (Å²) in [5.41, 5.74) is 23.8. The van der Waals surface area contributed by atoms with Crippen molar-refractivity contribution in [1.82, 2.24) is 24.5 Å². The van der Waals surface area contributed by atoms with Gasteiger partial charge in [-0.3, -0.25) is 4.79 Å². The predicted octanol–water partition coefficient (Wildman–Crippen LogP) is 2.16. The third kappa shape index (κ3) is 3.17. The summed E-state index contributed by atoms with van der Waals surface area (Å²) in [6.45, 7) is 0.919. The summed E-state index contributed by atoms with van der Waals surface area (Å²) < 4.78 is 1.93.